The van der Waals surface area contributed by atoms with Crippen molar-refractivity contribution in [3.8, 4) is 11.5 Å². The Morgan fingerprint density at radius 1 is 1.04 bits per heavy atom. The van der Waals surface area contributed by atoms with E-state index in [4.69, 9.17) is 9.47 Å². The number of carbonyl (C=O) groups excluding carboxylic acids is 2. The molecular formula is C20H22N2O6. The highest BCUT2D eigenvalue weighted by Gasteiger charge is 2.19. The molecule has 0 saturated carbocycles. The summed E-state index contributed by atoms with van der Waals surface area (Å²) in [5.74, 6) is 0.253. The average molecular weight is 386 g/mol. The predicted molar refractivity (Wildman–Crippen MR) is 103 cm³/mol. The van der Waals surface area contributed by atoms with Gasteiger partial charge in [-0.05, 0) is 12.5 Å². The van der Waals surface area contributed by atoms with Crippen LogP contribution in [-0.2, 0) is 11.2 Å². The number of rotatable bonds is 10. The summed E-state index contributed by atoms with van der Waals surface area (Å²) in [4.78, 5) is 34.8. The molecule has 2 aromatic rings. The average Bonchev–Trinajstić information content (AvgIpc) is 2.71. The Labute approximate surface area is 162 Å². The molecule has 1 amide bonds. The van der Waals surface area contributed by atoms with Gasteiger partial charge in [-0.1, -0.05) is 30.3 Å². The lowest BCUT2D eigenvalue weighted by Crippen LogP contribution is -2.26. The van der Waals surface area contributed by atoms with E-state index in [2.05, 4.69) is 5.32 Å². The van der Waals surface area contributed by atoms with Crippen LogP contribution in [0.4, 0.5) is 5.69 Å². The maximum atomic E-state index is 12.0. The Balaban J connectivity index is 1.90. The van der Waals surface area contributed by atoms with Crippen molar-refractivity contribution >= 4 is 17.4 Å². The fraction of sp³-hybridized carbons (Fsp3) is 0.300. The summed E-state index contributed by atoms with van der Waals surface area (Å²) in [6.07, 6.45) is 0.406. The lowest BCUT2D eigenvalue weighted by Gasteiger charge is -2.11. The number of nitro benzene ring substituents is 1. The van der Waals surface area contributed by atoms with Crippen molar-refractivity contribution < 1.29 is 24.0 Å². The summed E-state index contributed by atoms with van der Waals surface area (Å²) < 4.78 is 10.3. The van der Waals surface area contributed by atoms with Crippen LogP contribution in [0.5, 0.6) is 11.5 Å². The minimum atomic E-state index is -0.502. The van der Waals surface area contributed by atoms with Gasteiger partial charge in [0.05, 0.1) is 25.2 Å². The fourth-order valence-electron chi connectivity index (χ4n) is 2.70. The minimum absolute atomic E-state index is 0.0573. The molecule has 1 N–H and O–H groups in total. The maximum Gasteiger partial charge on any atom is 0.276 e. The normalized spacial score (nSPS) is 10.2. The number of carbonyl (C=O) groups is 2. The van der Waals surface area contributed by atoms with Gasteiger partial charge in [0.1, 0.15) is 0 Å². The van der Waals surface area contributed by atoms with Crippen LogP contribution in [0.3, 0.4) is 0 Å². The Kier molecular flexibility index (Phi) is 7.50. The van der Waals surface area contributed by atoms with Gasteiger partial charge in [0.2, 0.25) is 5.91 Å². The molecule has 148 valence electrons. The number of ether oxygens (including phenoxy) is 2. The smallest absolute Gasteiger partial charge is 0.276 e. The largest absolute Gasteiger partial charge is 0.493 e. The van der Waals surface area contributed by atoms with Gasteiger partial charge in [0.15, 0.2) is 17.3 Å². The summed E-state index contributed by atoms with van der Waals surface area (Å²) >= 11 is 0. The maximum absolute atomic E-state index is 12.0. The molecule has 0 aliphatic heterocycles. The fourth-order valence-corrected chi connectivity index (χ4v) is 2.70. The van der Waals surface area contributed by atoms with Gasteiger partial charge in [-0.2, -0.15) is 0 Å². The van der Waals surface area contributed by atoms with E-state index in [-0.39, 0.29) is 48.9 Å². The first-order valence-electron chi connectivity index (χ1n) is 8.70. The molecular weight excluding hydrogens is 364 g/mol. The molecule has 2 aromatic carbocycles. The number of ketones is 1. The monoisotopic (exact) mass is 386 g/mol. The van der Waals surface area contributed by atoms with E-state index in [1.807, 2.05) is 6.07 Å². The zero-order chi connectivity index (χ0) is 20.5. The van der Waals surface area contributed by atoms with E-state index in [0.717, 1.165) is 0 Å². The number of methoxy groups -OCH3 is 2. The number of nitrogens with one attached hydrogen (secondary N) is 1. The lowest BCUT2D eigenvalue weighted by atomic mass is 10.1. The SMILES string of the molecule is COc1cc(CCNC(=O)CCC(=O)c2ccccc2)c([N+](=O)[O-])cc1OC. The summed E-state index contributed by atoms with van der Waals surface area (Å²) in [5.41, 5.74) is 0.880. The number of benzene rings is 2. The number of Topliss-reactive ketones (excluding diaryl/α,β-unsaturated/α-hetero) is 1. The van der Waals surface area contributed by atoms with Gasteiger partial charge in [0, 0.05) is 30.5 Å². The molecule has 0 saturated heterocycles. The minimum Gasteiger partial charge on any atom is -0.493 e. The molecule has 0 atom stereocenters. The van der Waals surface area contributed by atoms with Crippen LogP contribution in [0, 0.1) is 10.1 Å². The van der Waals surface area contributed by atoms with Crippen LogP contribution in [0.2, 0.25) is 0 Å². The molecule has 0 bridgehead atoms. The zero-order valence-corrected chi connectivity index (χ0v) is 15.8. The number of nitro groups is 1. The number of nitrogens with zero attached hydrogens (tertiary/aromatic N) is 1. The highest BCUT2D eigenvalue weighted by molar-refractivity contribution is 5.97. The number of amides is 1. The van der Waals surface area contributed by atoms with Crippen molar-refractivity contribution in [1.82, 2.24) is 5.32 Å². The molecule has 8 heteroatoms. The van der Waals surface area contributed by atoms with E-state index in [0.29, 0.717) is 16.9 Å². The van der Waals surface area contributed by atoms with Gasteiger partial charge in [-0.3, -0.25) is 19.7 Å². The van der Waals surface area contributed by atoms with Crippen molar-refractivity contribution in [1.29, 1.82) is 0 Å². The molecule has 0 aliphatic carbocycles. The van der Waals surface area contributed by atoms with Crippen LogP contribution >= 0.6 is 0 Å². The summed E-state index contributed by atoms with van der Waals surface area (Å²) in [6, 6.07) is 11.6. The topological polar surface area (TPSA) is 108 Å². The van der Waals surface area contributed by atoms with Gasteiger partial charge in [-0.25, -0.2) is 0 Å². The standard InChI is InChI=1S/C20H22N2O6/c1-27-18-12-15(16(22(25)26)13-19(18)28-2)10-11-21-20(24)9-8-17(23)14-6-4-3-5-7-14/h3-7,12-13H,8-11H2,1-2H3,(H,21,24). The molecule has 2 rings (SSSR count). The van der Waals surface area contributed by atoms with Crippen molar-refractivity contribution in [2.75, 3.05) is 20.8 Å². The van der Waals surface area contributed by atoms with Gasteiger partial charge < -0.3 is 14.8 Å². The van der Waals surface area contributed by atoms with E-state index in [1.165, 1.54) is 26.4 Å². The third-order valence-corrected chi connectivity index (χ3v) is 4.17. The van der Waals surface area contributed by atoms with Gasteiger partial charge in [0.25, 0.3) is 5.69 Å². The number of hydrogen-bond acceptors (Lipinski definition) is 6. The highest BCUT2D eigenvalue weighted by atomic mass is 16.6. The quantitative estimate of drug-likeness (QED) is 0.382. The summed E-state index contributed by atoms with van der Waals surface area (Å²) in [7, 11) is 2.84. The van der Waals surface area contributed by atoms with Crippen LogP contribution in [0.25, 0.3) is 0 Å². The molecule has 28 heavy (non-hydrogen) atoms. The molecule has 0 radical (unpaired) electrons. The van der Waals surface area contributed by atoms with Crippen LogP contribution in [0.1, 0.15) is 28.8 Å². The number of hydrogen-bond donors (Lipinski definition) is 1. The first kappa shape index (κ1) is 20.9. The van der Waals surface area contributed by atoms with Crippen LogP contribution in [0.15, 0.2) is 42.5 Å². The summed E-state index contributed by atoms with van der Waals surface area (Å²) in [5, 5.41) is 14.0. The molecule has 8 nitrogen and oxygen atoms in total. The van der Waals surface area contributed by atoms with Gasteiger partial charge in [-0.15, -0.1) is 0 Å². The second kappa shape index (κ2) is 10.1. The zero-order valence-electron chi connectivity index (χ0n) is 15.8. The van der Waals surface area contributed by atoms with E-state index in [9.17, 15) is 19.7 Å². The molecule has 0 unspecified atom stereocenters. The first-order valence-corrected chi connectivity index (χ1v) is 8.70. The Bertz CT molecular complexity index is 851. The molecule has 0 aliphatic rings. The Morgan fingerprint density at radius 2 is 1.68 bits per heavy atom. The second-order valence-corrected chi connectivity index (χ2v) is 5.98. The van der Waals surface area contributed by atoms with Crippen molar-refractivity contribution in [2.24, 2.45) is 0 Å². The first-order chi connectivity index (χ1) is 13.5. The van der Waals surface area contributed by atoms with Crippen molar-refractivity contribution in [2.45, 2.75) is 19.3 Å². The third-order valence-electron chi connectivity index (χ3n) is 4.17. The van der Waals surface area contributed by atoms with Gasteiger partial charge >= 0.3 is 0 Å². The molecule has 0 aromatic heterocycles. The molecule has 0 heterocycles. The lowest BCUT2D eigenvalue weighted by molar-refractivity contribution is -0.385. The van der Waals surface area contributed by atoms with E-state index in [1.54, 1.807) is 24.3 Å². The Hall–Kier alpha value is -3.42. The predicted octanol–water partition coefficient (Wildman–Crippen LogP) is 2.93. The Morgan fingerprint density at radius 3 is 2.29 bits per heavy atom. The van der Waals surface area contributed by atoms with Crippen LogP contribution in [-0.4, -0.2) is 37.4 Å². The van der Waals surface area contributed by atoms with E-state index < -0.39 is 4.92 Å². The third kappa shape index (κ3) is 5.54. The van der Waals surface area contributed by atoms with E-state index >= 15 is 0 Å². The molecule has 0 fully saturated rings. The highest BCUT2D eigenvalue weighted by Crippen LogP contribution is 2.34. The van der Waals surface area contributed by atoms with Crippen LogP contribution < -0.4 is 14.8 Å². The molecule has 0 spiro atoms. The summed E-state index contributed by atoms with van der Waals surface area (Å²) in [6.45, 7) is 0.203. The van der Waals surface area contributed by atoms with Crippen molar-refractivity contribution in [3.63, 3.8) is 0 Å². The van der Waals surface area contributed by atoms with Crippen molar-refractivity contribution in [3.05, 3.63) is 63.7 Å². The second-order valence-electron chi connectivity index (χ2n) is 5.98.